The second-order valence-corrected chi connectivity index (χ2v) is 7.21. The molecule has 16 heavy (non-hydrogen) atoms. The Labute approximate surface area is 94.0 Å². The normalized spacial score (nSPS) is 35.4. The summed E-state index contributed by atoms with van der Waals surface area (Å²) in [7, 11) is -6.60. The average molecular weight is 276 g/mol. The summed E-state index contributed by atoms with van der Waals surface area (Å²) >= 11 is 0. The summed E-state index contributed by atoms with van der Waals surface area (Å²) in [4.78, 5) is 0. The standard InChI is InChI=1S/C4H8O3S.C3H5FO3S/c1-4-2-3-7-8(4,5)6;4-3-1-2-8(5,6)7-3/h4H,2-3H2,1H3;3H,1-2H2. The molecule has 0 aliphatic carbocycles. The van der Waals surface area contributed by atoms with E-state index in [0.717, 1.165) is 0 Å². The van der Waals surface area contributed by atoms with Crippen molar-refractivity contribution >= 4 is 20.2 Å². The van der Waals surface area contributed by atoms with Gasteiger partial charge in [0.25, 0.3) is 20.2 Å². The molecular weight excluding hydrogens is 263 g/mol. The van der Waals surface area contributed by atoms with Crippen LogP contribution in [-0.4, -0.2) is 40.8 Å². The van der Waals surface area contributed by atoms with Crippen molar-refractivity contribution in [2.24, 2.45) is 0 Å². The molecule has 2 unspecified atom stereocenters. The molecule has 2 fully saturated rings. The maximum Gasteiger partial charge on any atom is 0.270 e. The molecule has 2 aliphatic rings. The van der Waals surface area contributed by atoms with Crippen LogP contribution in [0.5, 0.6) is 0 Å². The van der Waals surface area contributed by atoms with Crippen molar-refractivity contribution in [2.45, 2.75) is 31.4 Å². The van der Waals surface area contributed by atoms with E-state index in [1.165, 1.54) is 0 Å². The molecular formula is C7H13FO6S2. The Morgan fingerprint density at radius 3 is 1.94 bits per heavy atom. The lowest BCUT2D eigenvalue weighted by molar-refractivity contribution is 0.0937. The number of alkyl halides is 1. The molecule has 9 heteroatoms. The molecule has 0 aromatic carbocycles. The van der Waals surface area contributed by atoms with Gasteiger partial charge in [-0.05, 0) is 13.3 Å². The number of hydrogen-bond acceptors (Lipinski definition) is 6. The Morgan fingerprint density at radius 2 is 1.81 bits per heavy atom. The molecule has 2 aliphatic heterocycles. The van der Waals surface area contributed by atoms with Gasteiger partial charge >= 0.3 is 0 Å². The monoisotopic (exact) mass is 276 g/mol. The molecule has 2 heterocycles. The fraction of sp³-hybridized carbons (Fsp3) is 1.00. The Hall–Kier alpha value is -0.250. The van der Waals surface area contributed by atoms with Crippen LogP contribution in [0.4, 0.5) is 4.39 Å². The maximum absolute atomic E-state index is 11.8. The van der Waals surface area contributed by atoms with Gasteiger partial charge in [-0.3, -0.25) is 4.18 Å². The molecule has 0 aromatic heterocycles. The molecule has 0 bridgehead atoms. The highest BCUT2D eigenvalue weighted by Crippen LogP contribution is 2.16. The average Bonchev–Trinajstić information content (AvgIpc) is 2.58. The van der Waals surface area contributed by atoms with Gasteiger partial charge in [0.2, 0.25) is 6.36 Å². The fourth-order valence-electron chi connectivity index (χ4n) is 1.08. The molecule has 0 N–H and O–H groups in total. The van der Waals surface area contributed by atoms with Crippen LogP contribution >= 0.6 is 0 Å². The minimum Gasteiger partial charge on any atom is -0.270 e. The van der Waals surface area contributed by atoms with Crippen LogP contribution in [0.3, 0.4) is 0 Å². The zero-order valence-corrected chi connectivity index (χ0v) is 10.3. The number of halogens is 1. The van der Waals surface area contributed by atoms with Crippen molar-refractivity contribution in [2.75, 3.05) is 12.4 Å². The summed E-state index contributed by atoms with van der Waals surface area (Å²) in [6.45, 7) is 2.02. The van der Waals surface area contributed by atoms with Gasteiger partial charge in [0.1, 0.15) is 0 Å². The molecule has 0 saturated carbocycles. The Morgan fingerprint density at radius 1 is 1.19 bits per heavy atom. The summed E-state index contributed by atoms with van der Waals surface area (Å²) in [5.41, 5.74) is 0. The van der Waals surface area contributed by atoms with Crippen molar-refractivity contribution in [3.05, 3.63) is 0 Å². The first kappa shape index (κ1) is 13.8. The van der Waals surface area contributed by atoms with Crippen molar-refractivity contribution in [3.8, 4) is 0 Å². The summed E-state index contributed by atoms with van der Waals surface area (Å²) in [5, 5.41) is -0.289. The molecule has 2 rings (SSSR count). The second-order valence-electron chi connectivity index (χ2n) is 3.47. The highest BCUT2D eigenvalue weighted by molar-refractivity contribution is 7.87. The van der Waals surface area contributed by atoms with Crippen LogP contribution in [0.25, 0.3) is 0 Å². The quantitative estimate of drug-likeness (QED) is 0.586. The van der Waals surface area contributed by atoms with Crippen LogP contribution in [0.2, 0.25) is 0 Å². The predicted octanol–water partition coefficient (Wildman–Crippen LogP) is 0.157. The maximum atomic E-state index is 11.8. The van der Waals surface area contributed by atoms with Crippen molar-refractivity contribution in [1.29, 1.82) is 0 Å². The fourth-order valence-corrected chi connectivity index (χ4v) is 3.01. The largest absolute Gasteiger partial charge is 0.270 e. The van der Waals surface area contributed by atoms with Gasteiger partial charge in [0, 0.05) is 6.42 Å². The van der Waals surface area contributed by atoms with Gasteiger partial charge in [-0.1, -0.05) is 0 Å². The van der Waals surface area contributed by atoms with E-state index < -0.39 is 26.6 Å². The topological polar surface area (TPSA) is 86.7 Å². The Bertz CT molecular complexity index is 428. The van der Waals surface area contributed by atoms with Crippen LogP contribution < -0.4 is 0 Å². The first-order valence-corrected chi connectivity index (χ1v) is 7.71. The minimum absolute atomic E-state index is 0.0255. The predicted molar refractivity (Wildman–Crippen MR) is 53.3 cm³/mol. The molecule has 2 saturated heterocycles. The second kappa shape index (κ2) is 4.94. The van der Waals surface area contributed by atoms with Crippen molar-refractivity contribution in [1.82, 2.24) is 0 Å². The lowest BCUT2D eigenvalue weighted by Gasteiger charge is -1.94. The molecule has 6 nitrogen and oxygen atoms in total. The van der Waals surface area contributed by atoms with E-state index >= 15 is 0 Å². The summed E-state index contributed by atoms with van der Waals surface area (Å²) in [5.74, 6) is -0.186. The Balaban J connectivity index is 0.000000160. The van der Waals surface area contributed by atoms with Gasteiger partial charge in [-0.15, -0.1) is 0 Å². The SMILES string of the molecule is CC1CCOS1(=O)=O.O=S1(=O)CCC(F)O1. The lowest BCUT2D eigenvalue weighted by atomic mass is 10.4. The third kappa shape index (κ3) is 3.96. The molecule has 0 spiro atoms. The van der Waals surface area contributed by atoms with Crippen LogP contribution in [0.15, 0.2) is 0 Å². The van der Waals surface area contributed by atoms with E-state index in [0.29, 0.717) is 13.0 Å². The minimum atomic E-state index is -3.47. The summed E-state index contributed by atoms with van der Waals surface area (Å²) in [6.07, 6.45) is -0.981. The third-order valence-electron chi connectivity index (χ3n) is 2.11. The molecule has 0 amide bonds. The number of rotatable bonds is 0. The zero-order chi connectivity index (χ0) is 12.4. The van der Waals surface area contributed by atoms with Gasteiger partial charge in [-0.25, -0.2) is 8.57 Å². The third-order valence-corrected chi connectivity index (χ3v) is 5.06. The summed E-state index contributed by atoms with van der Waals surface area (Å²) in [6, 6.07) is 0. The first-order valence-electron chi connectivity index (χ1n) is 4.66. The summed E-state index contributed by atoms with van der Waals surface area (Å²) < 4.78 is 61.5. The van der Waals surface area contributed by atoms with E-state index in [4.69, 9.17) is 0 Å². The van der Waals surface area contributed by atoms with Crippen molar-refractivity contribution in [3.63, 3.8) is 0 Å². The first-order chi connectivity index (χ1) is 7.23. The van der Waals surface area contributed by atoms with E-state index in [-0.39, 0.29) is 17.4 Å². The van der Waals surface area contributed by atoms with Gasteiger partial charge in [-0.2, -0.15) is 16.8 Å². The number of hydrogen-bond donors (Lipinski definition) is 0. The van der Waals surface area contributed by atoms with Crippen LogP contribution in [-0.2, 0) is 28.6 Å². The van der Waals surface area contributed by atoms with E-state index in [2.05, 4.69) is 8.37 Å². The highest BCUT2D eigenvalue weighted by atomic mass is 32.2. The van der Waals surface area contributed by atoms with Crippen LogP contribution in [0, 0.1) is 0 Å². The Kier molecular flexibility index (Phi) is 4.27. The van der Waals surface area contributed by atoms with Gasteiger partial charge < -0.3 is 0 Å². The molecule has 96 valence electrons. The zero-order valence-electron chi connectivity index (χ0n) is 8.63. The molecule has 0 radical (unpaired) electrons. The van der Waals surface area contributed by atoms with Gasteiger partial charge in [0.15, 0.2) is 0 Å². The van der Waals surface area contributed by atoms with E-state index in [1.807, 2.05) is 0 Å². The lowest BCUT2D eigenvalue weighted by Crippen LogP contribution is -2.09. The van der Waals surface area contributed by atoms with Crippen molar-refractivity contribution < 1.29 is 29.6 Å². The van der Waals surface area contributed by atoms with Crippen LogP contribution in [0.1, 0.15) is 19.8 Å². The highest BCUT2D eigenvalue weighted by Gasteiger charge is 2.28. The smallest absolute Gasteiger partial charge is 0.270 e. The van der Waals surface area contributed by atoms with E-state index in [1.54, 1.807) is 6.92 Å². The van der Waals surface area contributed by atoms with Gasteiger partial charge in [0.05, 0.1) is 17.6 Å². The van der Waals surface area contributed by atoms with E-state index in [9.17, 15) is 21.2 Å². The molecule has 2 atom stereocenters. The molecule has 0 aromatic rings.